The summed E-state index contributed by atoms with van der Waals surface area (Å²) in [5.74, 6) is -0.130. The summed E-state index contributed by atoms with van der Waals surface area (Å²) in [7, 11) is 0. The fraction of sp³-hybridized carbons (Fsp3) is 0. The third-order valence-corrected chi connectivity index (χ3v) is 0.524. The lowest BCUT2D eigenvalue weighted by molar-refractivity contribution is 0.426. The second-order valence-electron chi connectivity index (χ2n) is 1.05. The molecule has 0 aromatic carbocycles. The lowest BCUT2D eigenvalue weighted by Crippen LogP contribution is -1.76. The van der Waals surface area contributed by atoms with Crippen molar-refractivity contribution in [3.63, 3.8) is 0 Å². The van der Waals surface area contributed by atoms with Crippen molar-refractivity contribution in [3.05, 3.63) is 24.6 Å². The van der Waals surface area contributed by atoms with E-state index in [0.29, 0.717) is 0 Å². The van der Waals surface area contributed by atoms with Gasteiger partial charge in [0.25, 0.3) is 0 Å². The van der Waals surface area contributed by atoms with E-state index in [9.17, 15) is 0 Å². The molecule has 0 fully saturated rings. The molecule has 0 rings (SSSR count). The van der Waals surface area contributed by atoms with Crippen LogP contribution >= 0.6 is 0 Å². The Balaban J connectivity index is 3.81. The van der Waals surface area contributed by atoms with Crippen LogP contribution in [0.3, 0.4) is 0 Å². The van der Waals surface area contributed by atoms with Gasteiger partial charge in [-0.3, -0.25) is 4.99 Å². The maximum Gasteiger partial charge on any atom is 0.133 e. The maximum atomic E-state index is 8.39. The van der Waals surface area contributed by atoms with E-state index in [1.54, 1.807) is 0 Å². The molecule has 2 nitrogen and oxygen atoms in total. The molecule has 0 radical (unpaired) electrons. The van der Waals surface area contributed by atoms with Crippen LogP contribution in [0.2, 0.25) is 0 Å². The molecule has 0 heterocycles. The van der Waals surface area contributed by atoms with Crippen molar-refractivity contribution in [2.24, 2.45) is 4.99 Å². The Bertz CT molecular complexity index is 115. The van der Waals surface area contributed by atoms with E-state index in [4.69, 9.17) is 5.11 Å². The molecule has 7 heavy (non-hydrogen) atoms. The van der Waals surface area contributed by atoms with Crippen molar-refractivity contribution in [1.82, 2.24) is 0 Å². The maximum absolute atomic E-state index is 8.39. The van der Waals surface area contributed by atoms with E-state index < -0.39 is 0 Å². The van der Waals surface area contributed by atoms with Gasteiger partial charge in [-0.2, -0.15) is 0 Å². The average Bonchev–Trinajstić information content (AvgIpc) is 1.65. The molecule has 0 aliphatic carbocycles. The third kappa shape index (κ3) is 1.76. The molecule has 0 aromatic rings. The van der Waals surface area contributed by atoms with Gasteiger partial charge in [0.2, 0.25) is 0 Å². The van der Waals surface area contributed by atoms with E-state index in [0.717, 1.165) is 0 Å². The van der Waals surface area contributed by atoms with Crippen molar-refractivity contribution in [2.45, 2.75) is 0 Å². The first-order valence-corrected chi connectivity index (χ1v) is 1.72. The lowest BCUT2D eigenvalue weighted by Gasteiger charge is -1.89. The van der Waals surface area contributed by atoms with Crippen LogP contribution in [0.1, 0.15) is 0 Å². The van der Waals surface area contributed by atoms with Crippen molar-refractivity contribution < 1.29 is 5.11 Å². The smallest absolute Gasteiger partial charge is 0.133 e. The first kappa shape index (κ1) is 5.95. The molecule has 0 spiro atoms. The van der Waals surface area contributed by atoms with Crippen molar-refractivity contribution in [3.8, 4) is 0 Å². The minimum atomic E-state index is -0.130. The van der Waals surface area contributed by atoms with Crippen LogP contribution in [-0.2, 0) is 0 Å². The number of hydrogen-bond donors (Lipinski definition) is 1. The first-order chi connectivity index (χ1) is 3.18. The zero-order chi connectivity index (χ0) is 5.86. The van der Waals surface area contributed by atoms with Crippen LogP contribution in [0.15, 0.2) is 29.6 Å². The summed E-state index contributed by atoms with van der Waals surface area (Å²) in [6.45, 7) is 9.55. The van der Waals surface area contributed by atoms with Gasteiger partial charge in [0.1, 0.15) is 5.76 Å². The van der Waals surface area contributed by atoms with Crippen LogP contribution in [0.25, 0.3) is 0 Å². The summed E-state index contributed by atoms with van der Waals surface area (Å²) in [6.07, 6.45) is 0. The second kappa shape index (κ2) is 2.18. The standard InChI is InChI=1S/C5H7NO/c1-4(6-3)5(2)7/h7H,1-3H2. The quantitative estimate of drug-likeness (QED) is 0.314. The van der Waals surface area contributed by atoms with Gasteiger partial charge < -0.3 is 5.11 Å². The first-order valence-electron chi connectivity index (χ1n) is 1.72. The molecule has 0 aliphatic heterocycles. The van der Waals surface area contributed by atoms with Crippen LogP contribution in [0.5, 0.6) is 0 Å². The van der Waals surface area contributed by atoms with Gasteiger partial charge in [0, 0.05) is 0 Å². The second-order valence-corrected chi connectivity index (χ2v) is 1.05. The Kier molecular flexibility index (Phi) is 1.85. The topological polar surface area (TPSA) is 32.6 Å². The Morgan fingerprint density at radius 3 is 1.86 bits per heavy atom. The molecule has 2 heteroatoms. The zero-order valence-corrected chi connectivity index (χ0v) is 4.02. The highest BCUT2D eigenvalue weighted by Crippen LogP contribution is 1.98. The molecule has 0 aliphatic rings. The summed E-state index contributed by atoms with van der Waals surface area (Å²) in [5.41, 5.74) is 0.222. The summed E-state index contributed by atoms with van der Waals surface area (Å²) in [5, 5.41) is 8.39. The van der Waals surface area contributed by atoms with Crippen molar-refractivity contribution >= 4 is 6.72 Å². The zero-order valence-electron chi connectivity index (χ0n) is 4.02. The predicted molar refractivity (Wildman–Crippen MR) is 30.5 cm³/mol. The fourth-order valence-electron chi connectivity index (χ4n) is 0.0913. The van der Waals surface area contributed by atoms with E-state index in [2.05, 4.69) is 24.9 Å². The van der Waals surface area contributed by atoms with Crippen molar-refractivity contribution in [1.29, 1.82) is 0 Å². The molecule has 38 valence electrons. The number of aliphatic hydroxyl groups excluding tert-OH is 1. The Hall–Kier alpha value is -1.05. The highest BCUT2D eigenvalue weighted by atomic mass is 16.3. The summed E-state index contributed by atoms with van der Waals surface area (Å²) in [4.78, 5) is 3.29. The van der Waals surface area contributed by atoms with E-state index >= 15 is 0 Å². The fourth-order valence-corrected chi connectivity index (χ4v) is 0.0913. The third-order valence-electron chi connectivity index (χ3n) is 0.524. The minimum absolute atomic E-state index is 0.130. The van der Waals surface area contributed by atoms with Gasteiger partial charge in [0.05, 0.1) is 5.70 Å². The largest absolute Gasteiger partial charge is 0.506 e. The van der Waals surface area contributed by atoms with Crippen LogP contribution in [0.4, 0.5) is 0 Å². The minimum Gasteiger partial charge on any atom is -0.506 e. The Labute approximate surface area is 42.5 Å². The van der Waals surface area contributed by atoms with Gasteiger partial charge in [0.15, 0.2) is 0 Å². The van der Waals surface area contributed by atoms with E-state index in [-0.39, 0.29) is 11.5 Å². The van der Waals surface area contributed by atoms with Gasteiger partial charge in [-0.15, -0.1) is 0 Å². The van der Waals surface area contributed by atoms with E-state index in [1.165, 1.54) is 0 Å². The number of aliphatic hydroxyl groups is 1. The van der Waals surface area contributed by atoms with Gasteiger partial charge >= 0.3 is 0 Å². The highest BCUT2D eigenvalue weighted by Gasteiger charge is 1.86. The number of rotatable bonds is 2. The molecule has 0 bridgehead atoms. The Morgan fingerprint density at radius 2 is 1.86 bits per heavy atom. The SMILES string of the molecule is C=NC(=C)C(=C)O. The van der Waals surface area contributed by atoms with Crippen LogP contribution in [-0.4, -0.2) is 11.8 Å². The number of aliphatic imine (C=N–C) groups is 1. The average molecular weight is 97.1 g/mol. The summed E-state index contributed by atoms with van der Waals surface area (Å²) < 4.78 is 0. The predicted octanol–water partition coefficient (Wildman–Crippen LogP) is 1.27. The van der Waals surface area contributed by atoms with Crippen molar-refractivity contribution in [2.75, 3.05) is 0 Å². The molecule has 0 saturated carbocycles. The van der Waals surface area contributed by atoms with Gasteiger partial charge in [-0.05, 0) is 6.72 Å². The molecular weight excluding hydrogens is 90.1 g/mol. The lowest BCUT2D eigenvalue weighted by atomic mass is 10.4. The molecule has 0 unspecified atom stereocenters. The molecule has 0 atom stereocenters. The molecule has 0 amide bonds. The van der Waals surface area contributed by atoms with Crippen LogP contribution < -0.4 is 0 Å². The van der Waals surface area contributed by atoms with E-state index in [1.807, 2.05) is 0 Å². The molecule has 0 saturated heterocycles. The van der Waals surface area contributed by atoms with Gasteiger partial charge in [-0.1, -0.05) is 13.2 Å². The molecule has 1 N–H and O–H groups in total. The normalized spacial score (nSPS) is 7.43. The molecular formula is C5H7NO. The number of nitrogens with zero attached hydrogens (tertiary/aromatic N) is 1. The molecule has 0 aromatic heterocycles. The summed E-state index contributed by atoms with van der Waals surface area (Å²) in [6, 6.07) is 0. The summed E-state index contributed by atoms with van der Waals surface area (Å²) >= 11 is 0. The van der Waals surface area contributed by atoms with Gasteiger partial charge in [-0.25, -0.2) is 0 Å². The number of hydrogen-bond acceptors (Lipinski definition) is 2. The van der Waals surface area contributed by atoms with Crippen LogP contribution in [0, 0.1) is 0 Å². The Morgan fingerprint density at radius 1 is 1.43 bits per heavy atom. The highest BCUT2D eigenvalue weighted by molar-refractivity contribution is 5.32. The monoisotopic (exact) mass is 97.1 g/mol.